The van der Waals surface area contributed by atoms with Crippen LogP contribution in [0.1, 0.15) is 43.2 Å². The molecule has 0 bridgehead atoms. The number of carbonyl (C=O) groups excluding carboxylic acids is 1. The Morgan fingerprint density at radius 2 is 2.14 bits per heavy atom. The van der Waals surface area contributed by atoms with Crippen molar-refractivity contribution in [2.24, 2.45) is 5.92 Å². The fraction of sp³-hybridized carbons (Fsp3) is 0.545. The van der Waals surface area contributed by atoms with Crippen molar-refractivity contribution in [3.63, 3.8) is 0 Å². The predicted molar refractivity (Wildman–Crippen MR) is 106 cm³/mol. The van der Waals surface area contributed by atoms with Crippen molar-refractivity contribution in [3.05, 3.63) is 39.7 Å². The van der Waals surface area contributed by atoms with E-state index < -0.39 is 11.2 Å². The monoisotopic (exact) mass is 385 g/mol. The summed E-state index contributed by atoms with van der Waals surface area (Å²) in [4.78, 5) is 26.2. The Morgan fingerprint density at radius 3 is 2.96 bits per heavy atom. The Kier molecular flexibility index (Phi) is 4.91. The van der Waals surface area contributed by atoms with Crippen LogP contribution in [0.2, 0.25) is 0 Å². The Bertz CT molecular complexity index is 965. The van der Waals surface area contributed by atoms with Crippen molar-refractivity contribution in [3.8, 4) is 5.75 Å². The summed E-state index contributed by atoms with van der Waals surface area (Å²) < 4.78 is 11.1. The van der Waals surface area contributed by atoms with Crippen LogP contribution in [0.3, 0.4) is 0 Å². The second-order valence-corrected chi connectivity index (χ2v) is 8.24. The summed E-state index contributed by atoms with van der Waals surface area (Å²) in [6.45, 7) is 4.80. The van der Waals surface area contributed by atoms with Gasteiger partial charge in [0.2, 0.25) is 0 Å². The molecule has 2 fully saturated rings. The number of hydrogen-bond acceptors (Lipinski definition) is 5. The molecule has 0 unspecified atom stereocenters. The van der Waals surface area contributed by atoms with E-state index in [0.29, 0.717) is 36.4 Å². The number of rotatable bonds is 3. The van der Waals surface area contributed by atoms with Crippen LogP contribution >= 0.6 is 0 Å². The summed E-state index contributed by atoms with van der Waals surface area (Å²) in [6, 6.07) is 5.13. The van der Waals surface area contributed by atoms with Crippen molar-refractivity contribution in [1.82, 2.24) is 4.90 Å². The highest BCUT2D eigenvalue weighted by atomic mass is 16.5. The molecule has 1 saturated heterocycles. The smallest absolute Gasteiger partial charge is 0.336 e. The lowest BCUT2D eigenvalue weighted by Crippen LogP contribution is -2.55. The highest BCUT2D eigenvalue weighted by Gasteiger charge is 2.43. The second kappa shape index (κ2) is 7.24. The van der Waals surface area contributed by atoms with E-state index in [-0.39, 0.29) is 18.4 Å². The predicted octanol–water partition coefficient (Wildman–Crippen LogP) is 2.94. The molecule has 150 valence electrons. The molecule has 6 nitrogen and oxygen atoms in total. The number of ether oxygens (including phenoxy) is 1. The standard InChI is InChI=1S/C22H27NO5/c1-14-11-20(25)28-21-15(2)18(7-6-17(14)21)27-13-19(24)23-10-9-22(26)8-4-3-5-16(22)12-23/h6-7,11,16,26H,3-5,8-10,12-13H2,1-2H3/t16-,22-/m0/s1. The fourth-order valence-electron chi connectivity index (χ4n) is 4.68. The average molecular weight is 385 g/mol. The van der Waals surface area contributed by atoms with Crippen LogP contribution in [0.5, 0.6) is 5.75 Å². The Labute approximate surface area is 164 Å². The Hall–Kier alpha value is -2.34. The van der Waals surface area contributed by atoms with E-state index in [1.54, 1.807) is 0 Å². The van der Waals surface area contributed by atoms with Crippen molar-refractivity contribution in [2.75, 3.05) is 19.7 Å². The molecule has 2 aromatic rings. The largest absolute Gasteiger partial charge is 0.483 e. The average Bonchev–Trinajstić information content (AvgIpc) is 2.67. The quantitative estimate of drug-likeness (QED) is 0.822. The minimum atomic E-state index is -0.597. The SMILES string of the molecule is Cc1cc(=O)oc2c(C)c(OCC(=O)N3CC[C@@]4(O)CCCC[C@H]4C3)ccc12. The van der Waals surface area contributed by atoms with E-state index in [0.717, 1.165) is 36.6 Å². The number of piperidine rings is 1. The van der Waals surface area contributed by atoms with Gasteiger partial charge in [-0.2, -0.15) is 0 Å². The van der Waals surface area contributed by atoms with Crippen LogP contribution in [-0.2, 0) is 4.79 Å². The number of aliphatic hydroxyl groups is 1. The maximum absolute atomic E-state index is 12.7. The summed E-state index contributed by atoms with van der Waals surface area (Å²) in [5.74, 6) is 0.636. The molecular formula is C22H27NO5. The van der Waals surface area contributed by atoms with Gasteiger partial charge in [-0.15, -0.1) is 0 Å². The van der Waals surface area contributed by atoms with Gasteiger partial charge in [-0.25, -0.2) is 4.79 Å². The third-order valence-corrected chi connectivity index (χ3v) is 6.45. The molecule has 2 aliphatic rings. The zero-order chi connectivity index (χ0) is 19.9. The highest BCUT2D eigenvalue weighted by Crippen LogP contribution is 2.39. The topological polar surface area (TPSA) is 80.0 Å². The molecule has 1 aromatic heterocycles. The maximum atomic E-state index is 12.7. The maximum Gasteiger partial charge on any atom is 0.336 e. The first-order valence-corrected chi connectivity index (χ1v) is 10.0. The third-order valence-electron chi connectivity index (χ3n) is 6.45. The van der Waals surface area contributed by atoms with E-state index in [1.807, 2.05) is 30.9 Å². The number of nitrogens with zero attached hydrogens (tertiary/aromatic N) is 1. The summed E-state index contributed by atoms with van der Waals surface area (Å²) in [5.41, 5.74) is 1.08. The normalized spacial score (nSPS) is 24.8. The Morgan fingerprint density at radius 1 is 1.32 bits per heavy atom. The van der Waals surface area contributed by atoms with E-state index in [9.17, 15) is 14.7 Å². The molecule has 1 aromatic carbocycles. The number of amides is 1. The third kappa shape index (κ3) is 3.41. The summed E-state index contributed by atoms with van der Waals surface area (Å²) in [6.07, 6.45) is 4.65. The van der Waals surface area contributed by atoms with Crippen molar-refractivity contribution in [2.45, 2.75) is 51.6 Å². The van der Waals surface area contributed by atoms with Crippen molar-refractivity contribution in [1.29, 1.82) is 0 Å². The second-order valence-electron chi connectivity index (χ2n) is 8.24. The van der Waals surface area contributed by atoms with Crippen LogP contribution in [0, 0.1) is 19.8 Å². The minimum Gasteiger partial charge on any atom is -0.483 e. The highest BCUT2D eigenvalue weighted by molar-refractivity contribution is 5.85. The first-order chi connectivity index (χ1) is 13.4. The molecule has 2 heterocycles. The van der Waals surface area contributed by atoms with E-state index in [2.05, 4.69) is 0 Å². The molecule has 1 N–H and O–H groups in total. The Balaban J connectivity index is 1.45. The van der Waals surface area contributed by atoms with Gasteiger partial charge in [0.1, 0.15) is 11.3 Å². The molecule has 1 aliphatic carbocycles. The molecular weight excluding hydrogens is 358 g/mol. The van der Waals surface area contributed by atoms with Crippen LogP contribution in [0.4, 0.5) is 0 Å². The molecule has 1 amide bonds. The van der Waals surface area contributed by atoms with Crippen molar-refractivity contribution >= 4 is 16.9 Å². The van der Waals surface area contributed by atoms with Crippen LogP contribution in [-0.4, -0.2) is 41.2 Å². The van der Waals surface area contributed by atoms with Gasteiger partial charge in [0.05, 0.1) is 5.60 Å². The van der Waals surface area contributed by atoms with Gasteiger partial charge in [-0.3, -0.25) is 4.79 Å². The molecule has 6 heteroatoms. The van der Waals surface area contributed by atoms with Gasteiger partial charge in [0.25, 0.3) is 5.91 Å². The molecule has 0 radical (unpaired) electrons. The van der Waals surface area contributed by atoms with Crippen LogP contribution < -0.4 is 10.4 Å². The molecule has 28 heavy (non-hydrogen) atoms. The summed E-state index contributed by atoms with van der Waals surface area (Å²) in [7, 11) is 0. The van der Waals surface area contributed by atoms with Crippen LogP contribution in [0.15, 0.2) is 27.4 Å². The first-order valence-electron chi connectivity index (χ1n) is 10.0. The van der Waals surface area contributed by atoms with Gasteiger partial charge < -0.3 is 19.2 Å². The van der Waals surface area contributed by atoms with E-state index in [1.165, 1.54) is 6.07 Å². The number of fused-ring (bicyclic) bond motifs is 2. The van der Waals surface area contributed by atoms with E-state index >= 15 is 0 Å². The number of aryl methyl sites for hydroxylation is 2. The molecule has 2 atom stereocenters. The van der Waals surface area contributed by atoms with Crippen LogP contribution in [0.25, 0.3) is 11.0 Å². The summed E-state index contributed by atoms with van der Waals surface area (Å²) in [5, 5.41) is 11.6. The molecule has 1 saturated carbocycles. The van der Waals surface area contributed by atoms with Gasteiger partial charge in [0.15, 0.2) is 6.61 Å². The van der Waals surface area contributed by atoms with Gasteiger partial charge in [0, 0.05) is 36.0 Å². The van der Waals surface area contributed by atoms with Crippen molar-refractivity contribution < 1.29 is 19.1 Å². The minimum absolute atomic E-state index is 0.0620. The van der Waals surface area contributed by atoms with Gasteiger partial charge in [-0.05, 0) is 50.8 Å². The lowest BCUT2D eigenvalue weighted by molar-refractivity contribution is -0.145. The molecule has 4 rings (SSSR count). The summed E-state index contributed by atoms with van der Waals surface area (Å²) >= 11 is 0. The first kappa shape index (κ1) is 19.0. The molecule has 1 aliphatic heterocycles. The number of hydrogen-bond donors (Lipinski definition) is 1. The number of likely N-dealkylation sites (tertiary alicyclic amines) is 1. The zero-order valence-corrected chi connectivity index (χ0v) is 16.5. The lowest BCUT2D eigenvalue weighted by Gasteiger charge is -2.47. The number of benzene rings is 1. The van der Waals surface area contributed by atoms with Gasteiger partial charge >= 0.3 is 5.63 Å². The van der Waals surface area contributed by atoms with Gasteiger partial charge in [-0.1, -0.05) is 12.8 Å². The lowest BCUT2D eigenvalue weighted by atomic mass is 9.71. The number of carbonyl (C=O) groups is 1. The fourth-order valence-corrected chi connectivity index (χ4v) is 4.68. The zero-order valence-electron chi connectivity index (χ0n) is 16.5. The van der Waals surface area contributed by atoms with E-state index in [4.69, 9.17) is 9.15 Å². The molecule has 0 spiro atoms.